The lowest BCUT2D eigenvalue weighted by molar-refractivity contribution is -0.152. The highest BCUT2D eigenvalue weighted by Crippen LogP contribution is 2.21. The van der Waals surface area contributed by atoms with Gasteiger partial charge in [0.05, 0.1) is 7.11 Å². The highest BCUT2D eigenvalue weighted by atomic mass is 16.6. The van der Waals surface area contributed by atoms with Crippen molar-refractivity contribution in [1.29, 1.82) is 0 Å². The summed E-state index contributed by atoms with van der Waals surface area (Å²) in [7, 11) is 1.17. The molecule has 1 N–H and O–H groups in total. The van der Waals surface area contributed by atoms with Crippen molar-refractivity contribution in [3.63, 3.8) is 0 Å². The number of hydrogen-bond acceptors (Lipinski definition) is 6. The van der Waals surface area contributed by atoms with E-state index < -0.39 is 23.5 Å². The van der Waals surface area contributed by atoms with Crippen LogP contribution in [0.3, 0.4) is 0 Å². The predicted octanol–water partition coefficient (Wildman–Crippen LogP) is 2.47. The summed E-state index contributed by atoms with van der Waals surface area (Å²) in [5, 5.41) is 9.28. The van der Waals surface area contributed by atoms with Gasteiger partial charge in [0.25, 0.3) is 0 Å². The minimum atomic E-state index is -1.33. The average molecular weight is 406 g/mol. The first kappa shape index (κ1) is 22.7. The van der Waals surface area contributed by atoms with Crippen LogP contribution in [0.4, 0.5) is 4.79 Å². The predicted molar refractivity (Wildman–Crippen MR) is 107 cm³/mol. The van der Waals surface area contributed by atoms with E-state index in [2.05, 4.69) is 9.64 Å². The van der Waals surface area contributed by atoms with E-state index >= 15 is 0 Å². The van der Waals surface area contributed by atoms with Crippen LogP contribution < -0.4 is 0 Å². The van der Waals surface area contributed by atoms with Crippen molar-refractivity contribution >= 4 is 18.0 Å². The molecular formula is C21H30N2O6. The molecule has 2 rings (SSSR count). The van der Waals surface area contributed by atoms with Gasteiger partial charge >= 0.3 is 18.0 Å². The standard InChI is InChI=1S/C21H30N2O6/c1-14-12-22(10-11-23(14)20(27)29-21(2,3)4)13-15-6-8-16(9-7-15)17(18(24)25)19(26)28-5/h6-9,14,17H,10-13H2,1-5H3,(H,24,25)/t14-,17?/m0/s1. The van der Waals surface area contributed by atoms with Gasteiger partial charge in [-0.15, -0.1) is 0 Å². The maximum atomic E-state index is 12.3. The maximum absolute atomic E-state index is 12.3. The van der Waals surface area contributed by atoms with Crippen molar-refractivity contribution < 1.29 is 29.0 Å². The van der Waals surface area contributed by atoms with E-state index in [9.17, 15) is 19.5 Å². The summed E-state index contributed by atoms with van der Waals surface area (Å²) in [5.74, 6) is -3.36. The van der Waals surface area contributed by atoms with Crippen LogP contribution in [0, 0.1) is 0 Å². The van der Waals surface area contributed by atoms with E-state index in [1.54, 1.807) is 17.0 Å². The summed E-state index contributed by atoms with van der Waals surface area (Å²) in [6.45, 7) is 10.2. The minimum Gasteiger partial charge on any atom is -0.480 e. The monoisotopic (exact) mass is 406 g/mol. The van der Waals surface area contributed by atoms with Gasteiger partial charge in [-0.05, 0) is 38.8 Å². The largest absolute Gasteiger partial charge is 0.480 e. The maximum Gasteiger partial charge on any atom is 0.410 e. The number of hydrogen-bond donors (Lipinski definition) is 1. The molecule has 2 atom stereocenters. The molecule has 1 aliphatic heterocycles. The molecule has 0 radical (unpaired) electrons. The van der Waals surface area contributed by atoms with Crippen LogP contribution in [0.1, 0.15) is 44.7 Å². The van der Waals surface area contributed by atoms with Gasteiger partial charge < -0.3 is 19.5 Å². The van der Waals surface area contributed by atoms with Crippen LogP contribution in [0.25, 0.3) is 0 Å². The number of aliphatic carboxylic acids is 1. The molecule has 8 nitrogen and oxygen atoms in total. The molecule has 1 aromatic carbocycles. The summed E-state index contributed by atoms with van der Waals surface area (Å²) in [5.41, 5.74) is 0.866. The SMILES string of the molecule is COC(=O)C(C(=O)O)c1ccc(CN2CCN(C(=O)OC(C)(C)C)[C@@H](C)C2)cc1. The van der Waals surface area contributed by atoms with Crippen LogP contribution in [0.5, 0.6) is 0 Å². The van der Waals surface area contributed by atoms with Gasteiger partial charge in [-0.1, -0.05) is 24.3 Å². The van der Waals surface area contributed by atoms with E-state index in [0.717, 1.165) is 5.56 Å². The summed E-state index contributed by atoms with van der Waals surface area (Å²) in [6.07, 6.45) is -0.295. The van der Waals surface area contributed by atoms with Crippen molar-refractivity contribution in [3.05, 3.63) is 35.4 Å². The quantitative estimate of drug-likeness (QED) is 0.593. The zero-order valence-corrected chi connectivity index (χ0v) is 17.7. The van der Waals surface area contributed by atoms with E-state index in [1.165, 1.54) is 7.11 Å². The molecule has 1 amide bonds. The number of nitrogens with zero attached hydrogens (tertiary/aromatic N) is 2. The van der Waals surface area contributed by atoms with Crippen molar-refractivity contribution in [2.24, 2.45) is 0 Å². The molecule has 1 aliphatic rings. The number of esters is 1. The van der Waals surface area contributed by atoms with Crippen LogP contribution >= 0.6 is 0 Å². The molecule has 0 saturated carbocycles. The molecule has 1 aromatic rings. The number of ether oxygens (including phenoxy) is 2. The van der Waals surface area contributed by atoms with Crippen LogP contribution in [0.2, 0.25) is 0 Å². The lowest BCUT2D eigenvalue weighted by Gasteiger charge is -2.40. The molecular weight excluding hydrogens is 376 g/mol. The molecule has 1 heterocycles. The Morgan fingerprint density at radius 2 is 1.79 bits per heavy atom. The fraction of sp³-hybridized carbons (Fsp3) is 0.571. The van der Waals surface area contributed by atoms with Crippen LogP contribution in [-0.4, -0.2) is 71.3 Å². The van der Waals surface area contributed by atoms with E-state index in [-0.39, 0.29) is 12.1 Å². The van der Waals surface area contributed by atoms with Gasteiger partial charge in [0.2, 0.25) is 0 Å². The number of carboxylic acids is 1. The van der Waals surface area contributed by atoms with Gasteiger partial charge in [0.15, 0.2) is 5.92 Å². The molecule has 8 heteroatoms. The number of methoxy groups -OCH3 is 1. The molecule has 0 aromatic heterocycles. The number of benzene rings is 1. The Balaban J connectivity index is 1.97. The Kier molecular flexibility index (Phi) is 7.24. The average Bonchev–Trinajstić information content (AvgIpc) is 2.61. The molecule has 0 bridgehead atoms. The second-order valence-electron chi connectivity index (χ2n) is 8.29. The van der Waals surface area contributed by atoms with Crippen molar-refractivity contribution in [3.8, 4) is 0 Å². The van der Waals surface area contributed by atoms with Gasteiger partial charge in [0, 0.05) is 32.2 Å². The lowest BCUT2D eigenvalue weighted by Crippen LogP contribution is -2.54. The normalized spacial score (nSPS) is 18.8. The Hall–Kier alpha value is -2.61. The molecule has 1 unspecified atom stereocenters. The topological polar surface area (TPSA) is 96.4 Å². The van der Waals surface area contributed by atoms with Gasteiger partial charge in [-0.3, -0.25) is 14.5 Å². The summed E-state index contributed by atoms with van der Waals surface area (Å²) >= 11 is 0. The van der Waals surface area contributed by atoms with Gasteiger partial charge in [-0.2, -0.15) is 0 Å². The molecule has 1 fully saturated rings. The number of piperazine rings is 1. The number of rotatable bonds is 5. The van der Waals surface area contributed by atoms with E-state index in [1.807, 2.05) is 39.8 Å². The Bertz CT molecular complexity index is 741. The highest BCUT2D eigenvalue weighted by molar-refractivity contribution is 5.99. The van der Waals surface area contributed by atoms with Crippen LogP contribution in [-0.2, 0) is 25.6 Å². The number of carbonyl (C=O) groups is 3. The third-order valence-electron chi connectivity index (χ3n) is 4.74. The molecule has 0 aliphatic carbocycles. The fourth-order valence-corrected chi connectivity index (χ4v) is 3.34. The van der Waals surface area contributed by atoms with Crippen LogP contribution in [0.15, 0.2) is 24.3 Å². The van der Waals surface area contributed by atoms with Gasteiger partial charge in [-0.25, -0.2) is 4.79 Å². The minimum absolute atomic E-state index is 0.0218. The second-order valence-corrected chi connectivity index (χ2v) is 8.29. The third-order valence-corrected chi connectivity index (χ3v) is 4.74. The molecule has 29 heavy (non-hydrogen) atoms. The molecule has 1 saturated heterocycles. The summed E-state index contributed by atoms with van der Waals surface area (Å²) in [4.78, 5) is 39.4. The summed E-state index contributed by atoms with van der Waals surface area (Å²) in [6, 6.07) is 6.95. The Labute approximate surface area is 171 Å². The number of amides is 1. The number of carbonyl (C=O) groups excluding carboxylic acids is 2. The Morgan fingerprint density at radius 1 is 1.17 bits per heavy atom. The summed E-state index contributed by atoms with van der Waals surface area (Å²) < 4.78 is 10.0. The molecule has 0 spiro atoms. The van der Waals surface area contributed by atoms with Gasteiger partial charge in [0.1, 0.15) is 5.60 Å². The first-order chi connectivity index (χ1) is 13.5. The number of carboxylic acid groups (broad SMARTS) is 1. The van der Waals surface area contributed by atoms with E-state index in [4.69, 9.17) is 4.74 Å². The highest BCUT2D eigenvalue weighted by Gasteiger charge is 2.31. The zero-order chi connectivity index (χ0) is 21.8. The third kappa shape index (κ3) is 6.19. The van der Waals surface area contributed by atoms with Crippen molar-refractivity contribution in [1.82, 2.24) is 9.80 Å². The van der Waals surface area contributed by atoms with Crippen molar-refractivity contribution in [2.75, 3.05) is 26.7 Å². The van der Waals surface area contributed by atoms with E-state index in [0.29, 0.717) is 31.7 Å². The Morgan fingerprint density at radius 3 is 2.28 bits per heavy atom. The smallest absolute Gasteiger partial charge is 0.410 e. The lowest BCUT2D eigenvalue weighted by atomic mass is 9.98. The first-order valence-electron chi connectivity index (χ1n) is 9.63. The molecule has 160 valence electrons. The van der Waals surface area contributed by atoms with Crippen molar-refractivity contribution in [2.45, 2.75) is 51.8 Å². The fourth-order valence-electron chi connectivity index (χ4n) is 3.34. The zero-order valence-electron chi connectivity index (χ0n) is 17.7. The first-order valence-corrected chi connectivity index (χ1v) is 9.63. The second kappa shape index (κ2) is 9.26.